The number of carbonyl (C=O) groups excluding carboxylic acids is 1. The van der Waals surface area contributed by atoms with Crippen LogP contribution in [0.5, 0.6) is 0 Å². The molecule has 0 heterocycles. The van der Waals surface area contributed by atoms with E-state index in [2.05, 4.69) is 26.5 Å². The van der Waals surface area contributed by atoms with E-state index in [0.717, 1.165) is 30.4 Å². The van der Waals surface area contributed by atoms with Gasteiger partial charge in [0.1, 0.15) is 0 Å². The summed E-state index contributed by atoms with van der Waals surface area (Å²) >= 11 is 0. The minimum atomic E-state index is 0.746. The molecule has 3 heteroatoms. The highest BCUT2D eigenvalue weighted by Crippen LogP contribution is 1.90. The summed E-state index contributed by atoms with van der Waals surface area (Å²) < 4.78 is 0.959. The maximum absolute atomic E-state index is 9.81. The summed E-state index contributed by atoms with van der Waals surface area (Å²) in [5.41, 5.74) is 0. The molecule has 0 radical (unpaired) electrons. The summed E-state index contributed by atoms with van der Waals surface area (Å²) in [6, 6.07) is 0. The molecular formula is C7H17N2O+. The summed E-state index contributed by atoms with van der Waals surface area (Å²) in [7, 11) is 6.42. The lowest BCUT2D eigenvalue weighted by Gasteiger charge is -2.23. The molecule has 60 valence electrons. The largest absolute Gasteiger partial charge is 0.358 e. The number of rotatable bonds is 5. The van der Waals surface area contributed by atoms with Crippen molar-refractivity contribution in [2.45, 2.75) is 6.42 Å². The highest BCUT2D eigenvalue weighted by molar-refractivity contribution is 5.45. The van der Waals surface area contributed by atoms with Crippen LogP contribution < -0.4 is 5.32 Å². The molecule has 0 fully saturated rings. The summed E-state index contributed by atoms with van der Waals surface area (Å²) in [6.45, 7) is 1.89. The van der Waals surface area contributed by atoms with Crippen molar-refractivity contribution in [1.82, 2.24) is 5.32 Å². The molecule has 1 amide bonds. The van der Waals surface area contributed by atoms with Gasteiger partial charge in [-0.2, -0.15) is 0 Å². The lowest BCUT2D eigenvalue weighted by Crippen LogP contribution is -2.36. The Morgan fingerprint density at radius 1 is 1.40 bits per heavy atom. The van der Waals surface area contributed by atoms with Crippen molar-refractivity contribution in [3.05, 3.63) is 0 Å². The topological polar surface area (TPSA) is 29.1 Å². The lowest BCUT2D eigenvalue weighted by molar-refractivity contribution is -0.870. The summed E-state index contributed by atoms with van der Waals surface area (Å²) in [4.78, 5) is 9.81. The molecule has 0 aliphatic heterocycles. The van der Waals surface area contributed by atoms with Gasteiger partial charge in [0.15, 0.2) is 0 Å². The molecule has 0 aromatic rings. The third kappa shape index (κ3) is 7.43. The van der Waals surface area contributed by atoms with Gasteiger partial charge in [0.05, 0.1) is 27.7 Å². The van der Waals surface area contributed by atoms with E-state index in [1.807, 2.05) is 0 Å². The predicted octanol–water partition coefficient (Wildman–Crippen LogP) is -0.171. The minimum Gasteiger partial charge on any atom is -0.358 e. The molecule has 0 atom stereocenters. The van der Waals surface area contributed by atoms with Crippen LogP contribution in [0.2, 0.25) is 0 Å². The average Bonchev–Trinajstić information content (AvgIpc) is 1.78. The van der Waals surface area contributed by atoms with E-state index in [-0.39, 0.29) is 0 Å². The monoisotopic (exact) mass is 145 g/mol. The fourth-order valence-electron chi connectivity index (χ4n) is 0.714. The second-order valence-corrected chi connectivity index (χ2v) is 3.44. The van der Waals surface area contributed by atoms with Gasteiger partial charge in [-0.1, -0.05) is 0 Å². The van der Waals surface area contributed by atoms with E-state index < -0.39 is 0 Å². The van der Waals surface area contributed by atoms with E-state index in [4.69, 9.17) is 0 Å². The third-order valence-electron chi connectivity index (χ3n) is 1.23. The fraction of sp³-hybridized carbons (Fsp3) is 0.857. The van der Waals surface area contributed by atoms with Crippen LogP contribution in [-0.4, -0.2) is 45.1 Å². The zero-order chi connectivity index (χ0) is 8.04. The van der Waals surface area contributed by atoms with Crippen molar-refractivity contribution >= 4 is 6.41 Å². The van der Waals surface area contributed by atoms with Gasteiger partial charge in [0.2, 0.25) is 6.41 Å². The Bertz CT molecular complexity index is 96.3. The highest BCUT2D eigenvalue weighted by Gasteiger charge is 2.04. The van der Waals surface area contributed by atoms with Crippen LogP contribution in [0.3, 0.4) is 0 Å². The first-order valence-electron chi connectivity index (χ1n) is 3.54. The van der Waals surface area contributed by atoms with Crippen molar-refractivity contribution in [1.29, 1.82) is 0 Å². The summed E-state index contributed by atoms with van der Waals surface area (Å²) in [6.07, 6.45) is 1.79. The molecule has 1 N–H and O–H groups in total. The minimum absolute atomic E-state index is 0.746. The van der Waals surface area contributed by atoms with Crippen molar-refractivity contribution < 1.29 is 9.28 Å². The van der Waals surface area contributed by atoms with Crippen molar-refractivity contribution in [3.8, 4) is 0 Å². The van der Waals surface area contributed by atoms with Crippen molar-refractivity contribution in [2.75, 3.05) is 34.2 Å². The Labute approximate surface area is 62.6 Å². The number of amides is 1. The predicted molar refractivity (Wildman–Crippen MR) is 41.6 cm³/mol. The van der Waals surface area contributed by atoms with Crippen LogP contribution in [0.15, 0.2) is 0 Å². The second-order valence-electron chi connectivity index (χ2n) is 3.44. The quantitative estimate of drug-likeness (QED) is 0.325. The Hall–Kier alpha value is -0.570. The molecule has 0 saturated heterocycles. The first-order chi connectivity index (χ1) is 4.56. The maximum Gasteiger partial charge on any atom is 0.207 e. The molecule has 0 unspecified atom stereocenters. The Morgan fingerprint density at radius 2 is 2.00 bits per heavy atom. The van der Waals surface area contributed by atoms with E-state index in [9.17, 15) is 4.79 Å². The van der Waals surface area contributed by atoms with Crippen LogP contribution in [0.1, 0.15) is 6.42 Å². The molecule has 0 rings (SSSR count). The van der Waals surface area contributed by atoms with Gasteiger partial charge in [-0.25, -0.2) is 0 Å². The summed E-state index contributed by atoms with van der Waals surface area (Å²) in [5, 5.41) is 2.63. The molecule has 0 saturated carbocycles. The van der Waals surface area contributed by atoms with Crippen LogP contribution in [0.25, 0.3) is 0 Å². The SMILES string of the molecule is C[N+](C)(C)CCCNC=O. The molecule has 0 aliphatic rings. The summed E-state index contributed by atoms with van der Waals surface area (Å²) in [5.74, 6) is 0. The number of hydrogen-bond acceptors (Lipinski definition) is 1. The van der Waals surface area contributed by atoms with Gasteiger partial charge in [-0.15, -0.1) is 0 Å². The van der Waals surface area contributed by atoms with Crippen LogP contribution in [-0.2, 0) is 4.79 Å². The fourth-order valence-corrected chi connectivity index (χ4v) is 0.714. The molecule has 3 nitrogen and oxygen atoms in total. The normalized spacial score (nSPS) is 11.1. The molecule has 0 spiro atoms. The Balaban J connectivity index is 3.12. The smallest absolute Gasteiger partial charge is 0.207 e. The number of hydrogen-bond donors (Lipinski definition) is 1. The zero-order valence-electron chi connectivity index (χ0n) is 7.05. The van der Waals surface area contributed by atoms with Gasteiger partial charge in [0, 0.05) is 13.0 Å². The van der Waals surface area contributed by atoms with Gasteiger partial charge >= 0.3 is 0 Å². The third-order valence-corrected chi connectivity index (χ3v) is 1.23. The van der Waals surface area contributed by atoms with Crippen LogP contribution >= 0.6 is 0 Å². The Kier molecular flexibility index (Phi) is 4.03. The first-order valence-corrected chi connectivity index (χ1v) is 3.54. The van der Waals surface area contributed by atoms with Crippen molar-refractivity contribution in [3.63, 3.8) is 0 Å². The first kappa shape index (κ1) is 9.43. The maximum atomic E-state index is 9.81. The average molecular weight is 145 g/mol. The van der Waals surface area contributed by atoms with E-state index in [1.54, 1.807) is 0 Å². The lowest BCUT2D eigenvalue weighted by atomic mass is 10.4. The van der Waals surface area contributed by atoms with Crippen LogP contribution in [0.4, 0.5) is 0 Å². The number of nitrogens with one attached hydrogen (secondary N) is 1. The molecular weight excluding hydrogens is 128 g/mol. The molecule has 10 heavy (non-hydrogen) atoms. The molecule has 0 aliphatic carbocycles. The van der Waals surface area contributed by atoms with Gasteiger partial charge in [-0.05, 0) is 0 Å². The second kappa shape index (κ2) is 4.28. The highest BCUT2D eigenvalue weighted by atomic mass is 16.1. The molecule has 0 aromatic heterocycles. The zero-order valence-corrected chi connectivity index (χ0v) is 7.05. The van der Waals surface area contributed by atoms with E-state index >= 15 is 0 Å². The van der Waals surface area contributed by atoms with Gasteiger partial charge in [0.25, 0.3) is 0 Å². The number of carbonyl (C=O) groups is 1. The standard InChI is InChI=1S/C7H16N2O/c1-9(2,3)6-4-5-8-7-10/h7H,4-6H2,1-3H3/p+1. The molecule has 0 bridgehead atoms. The number of quaternary nitrogens is 1. The molecule has 0 aromatic carbocycles. The van der Waals surface area contributed by atoms with Crippen molar-refractivity contribution in [2.24, 2.45) is 0 Å². The number of nitrogens with zero attached hydrogens (tertiary/aromatic N) is 1. The van der Waals surface area contributed by atoms with E-state index in [1.165, 1.54) is 0 Å². The van der Waals surface area contributed by atoms with Crippen LogP contribution in [0, 0.1) is 0 Å². The van der Waals surface area contributed by atoms with Gasteiger partial charge in [-0.3, -0.25) is 4.79 Å². The Morgan fingerprint density at radius 3 is 2.40 bits per heavy atom. The van der Waals surface area contributed by atoms with Gasteiger partial charge < -0.3 is 9.80 Å². The van der Waals surface area contributed by atoms with E-state index in [0.29, 0.717) is 0 Å².